The Bertz CT molecular complexity index is 850. The summed E-state index contributed by atoms with van der Waals surface area (Å²) in [6.07, 6.45) is 4.57. The summed E-state index contributed by atoms with van der Waals surface area (Å²) < 4.78 is 10.8. The standard InChI is InChI=1S/C19H26BN3O4/c1-11(12-8-13(9-12)23-18(24)26-19(2,3)4)16-14-6-7-21-17(14)22-10-15(16)27-20(5)25/h6-7,10,12-13,25H,1,8-9H2,2-5H3,(H,21,22)(H,23,24)/t12-,13+. The Labute approximate surface area is 159 Å². The van der Waals surface area contributed by atoms with Crippen LogP contribution in [-0.4, -0.2) is 39.8 Å². The normalized spacial score (nSPS) is 19.3. The van der Waals surface area contributed by atoms with Gasteiger partial charge in [0.2, 0.25) is 0 Å². The minimum atomic E-state index is -0.947. The zero-order chi connectivity index (χ0) is 19.8. The third-order valence-corrected chi connectivity index (χ3v) is 4.52. The molecule has 1 saturated carbocycles. The van der Waals surface area contributed by atoms with E-state index in [-0.39, 0.29) is 12.0 Å². The molecule has 0 aromatic carbocycles. The van der Waals surface area contributed by atoms with Crippen molar-refractivity contribution in [3.05, 3.63) is 30.6 Å². The number of hydrogen-bond acceptors (Lipinski definition) is 5. The summed E-state index contributed by atoms with van der Waals surface area (Å²) in [6, 6.07) is 1.98. The number of carbonyl (C=O) groups is 1. The second kappa shape index (κ2) is 7.27. The number of pyridine rings is 1. The molecule has 0 atom stereocenters. The van der Waals surface area contributed by atoms with Gasteiger partial charge in [0, 0.05) is 23.2 Å². The molecule has 2 heterocycles. The van der Waals surface area contributed by atoms with E-state index in [0.29, 0.717) is 5.75 Å². The number of nitrogens with zero attached hydrogens (tertiary/aromatic N) is 1. The minimum absolute atomic E-state index is 0.0614. The van der Waals surface area contributed by atoms with Crippen molar-refractivity contribution in [1.29, 1.82) is 0 Å². The van der Waals surface area contributed by atoms with Crippen LogP contribution in [0.2, 0.25) is 6.82 Å². The van der Waals surface area contributed by atoms with E-state index >= 15 is 0 Å². The Morgan fingerprint density at radius 2 is 2.15 bits per heavy atom. The zero-order valence-corrected chi connectivity index (χ0v) is 16.2. The van der Waals surface area contributed by atoms with Crippen LogP contribution in [0, 0.1) is 5.92 Å². The number of hydrogen-bond donors (Lipinski definition) is 3. The van der Waals surface area contributed by atoms with E-state index in [4.69, 9.17) is 9.39 Å². The van der Waals surface area contributed by atoms with Gasteiger partial charge < -0.3 is 24.7 Å². The monoisotopic (exact) mass is 371 g/mol. The van der Waals surface area contributed by atoms with Crippen molar-refractivity contribution in [2.24, 2.45) is 5.92 Å². The molecule has 0 spiro atoms. The first kappa shape index (κ1) is 19.3. The van der Waals surface area contributed by atoms with E-state index in [2.05, 4.69) is 21.9 Å². The lowest BCUT2D eigenvalue weighted by atomic mass is 9.73. The average molecular weight is 371 g/mol. The number of alkyl carbamates (subject to hydrolysis) is 1. The van der Waals surface area contributed by atoms with Gasteiger partial charge in [0.05, 0.1) is 6.20 Å². The molecule has 0 aliphatic heterocycles. The molecule has 1 amide bonds. The highest BCUT2D eigenvalue weighted by atomic mass is 16.6. The first-order valence-electron chi connectivity index (χ1n) is 9.13. The Morgan fingerprint density at radius 3 is 2.78 bits per heavy atom. The fourth-order valence-corrected chi connectivity index (χ4v) is 3.29. The molecule has 2 aromatic heterocycles. The molecule has 0 bridgehead atoms. The molecule has 1 aliphatic rings. The number of aromatic amines is 1. The summed E-state index contributed by atoms with van der Waals surface area (Å²) in [5.41, 5.74) is 2.00. The Kier molecular flexibility index (Phi) is 5.19. The minimum Gasteiger partial charge on any atom is -0.535 e. The summed E-state index contributed by atoms with van der Waals surface area (Å²) in [5, 5.41) is 13.4. The highest BCUT2D eigenvalue weighted by Crippen LogP contribution is 2.43. The van der Waals surface area contributed by atoms with Crippen molar-refractivity contribution in [3.63, 3.8) is 0 Å². The quantitative estimate of drug-likeness (QED) is 0.701. The van der Waals surface area contributed by atoms with Crippen LogP contribution in [0.15, 0.2) is 25.0 Å². The number of nitrogens with one attached hydrogen (secondary N) is 2. The number of fused-ring (bicyclic) bond motifs is 1. The van der Waals surface area contributed by atoms with Crippen LogP contribution in [0.1, 0.15) is 39.2 Å². The predicted octanol–water partition coefficient (Wildman–Crippen LogP) is 3.37. The summed E-state index contributed by atoms with van der Waals surface area (Å²) in [4.78, 5) is 19.3. The second-order valence-electron chi connectivity index (χ2n) is 7.99. The van der Waals surface area contributed by atoms with E-state index in [1.807, 2.05) is 33.0 Å². The molecular formula is C19H26BN3O4. The Balaban J connectivity index is 1.70. The van der Waals surface area contributed by atoms with Crippen LogP contribution < -0.4 is 9.97 Å². The van der Waals surface area contributed by atoms with Crippen molar-refractivity contribution in [1.82, 2.24) is 15.3 Å². The highest BCUT2D eigenvalue weighted by Gasteiger charge is 2.35. The maximum absolute atomic E-state index is 11.9. The Morgan fingerprint density at radius 1 is 1.44 bits per heavy atom. The van der Waals surface area contributed by atoms with E-state index in [1.165, 1.54) is 0 Å². The number of allylic oxidation sites excluding steroid dienone is 1. The topological polar surface area (TPSA) is 96.5 Å². The number of carbonyl (C=O) groups excluding carboxylic acids is 1. The molecule has 0 saturated heterocycles. The zero-order valence-electron chi connectivity index (χ0n) is 16.2. The smallest absolute Gasteiger partial charge is 0.519 e. The summed E-state index contributed by atoms with van der Waals surface area (Å²) in [5.74, 6) is 0.715. The van der Waals surface area contributed by atoms with E-state index < -0.39 is 18.8 Å². The van der Waals surface area contributed by atoms with Gasteiger partial charge in [-0.3, -0.25) is 0 Å². The van der Waals surface area contributed by atoms with Gasteiger partial charge in [-0.25, -0.2) is 9.78 Å². The van der Waals surface area contributed by atoms with E-state index in [1.54, 1.807) is 13.0 Å². The molecule has 0 radical (unpaired) electrons. The number of aromatic nitrogens is 2. The highest BCUT2D eigenvalue weighted by molar-refractivity contribution is 6.41. The van der Waals surface area contributed by atoms with Crippen molar-refractivity contribution in [2.75, 3.05) is 0 Å². The van der Waals surface area contributed by atoms with Gasteiger partial charge in [0.1, 0.15) is 17.0 Å². The van der Waals surface area contributed by atoms with Crippen LogP contribution in [-0.2, 0) is 4.74 Å². The van der Waals surface area contributed by atoms with Crippen molar-refractivity contribution in [3.8, 4) is 5.75 Å². The van der Waals surface area contributed by atoms with Gasteiger partial charge in [-0.05, 0) is 58.0 Å². The molecule has 3 N–H and O–H groups in total. The van der Waals surface area contributed by atoms with Gasteiger partial charge in [-0.2, -0.15) is 0 Å². The number of amides is 1. The van der Waals surface area contributed by atoms with Crippen LogP contribution in [0.25, 0.3) is 16.6 Å². The predicted molar refractivity (Wildman–Crippen MR) is 105 cm³/mol. The lowest BCUT2D eigenvalue weighted by Gasteiger charge is -2.38. The van der Waals surface area contributed by atoms with Crippen molar-refractivity contribution in [2.45, 2.75) is 52.1 Å². The fraction of sp³-hybridized carbons (Fsp3) is 0.474. The SMILES string of the molecule is C=C(c1c(OB(C)O)cnc2[nH]ccc12)[C@H]1C[C@@H](NC(=O)OC(C)(C)C)C1. The number of ether oxygens (including phenoxy) is 1. The molecule has 0 unspecified atom stereocenters. The van der Waals surface area contributed by atoms with Crippen molar-refractivity contribution >= 4 is 29.8 Å². The first-order chi connectivity index (χ1) is 12.6. The summed E-state index contributed by atoms with van der Waals surface area (Å²) in [7, 11) is -0.947. The Hall–Kier alpha value is -2.48. The molecule has 2 aromatic rings. The van der Waals surface area contributed by atoms with Gasteiger partial charge >= 0.3 is 13.2 Å². The third-order valence-electron chi connectivity index (χ3n) is 4.52. The van der Waals surface area contributed by atoms with Crippen LogP contribution in [0.3, 0.4) is 0 Å². The summed E-state index contributed by atoms with van der Waals surface area (Å²) >= 11 is 0. The van der Waals surface area contributed by atoms with Gasteiger partial charge in [0.25, 0.3) is 0 Å². The van der Waals surface area contributed by atoms with Gasteiger partial charge in [0.15, 0.2) is 0 Å². The first-order valence-corrected chi connectivity index (χ1v) is 9.13. The third kappa shape index (κ3) is 4.44. The molecular weight excluding hydrogens is 345 g/mol. The number of rotatable bonds is 5. The second-order valence-corrected chi connectivity index (χ2v) is 7.99. The molecule has 144 valence electrons. The van der Waals surface area contributed by atoms with Crippen LogP contribution in [0.5, 0.6) is 5.75 Å². The molecule has 1 fully saturated rings. The molecule has 8 heteroatoms. The molecule has 27 heavy (non-hydrogen) atoms. The molecule has 3 rings (SSSR count). The number of H-pyrrole nitrogens is 1. The largest absolute Gasteiger partial charge is 0.535 e. The summed E-state index contributed by atoms with van der Waals surface area (Å²) in [6.45, 7) is 11.3. The maximum atomic E-state index is 11.9. The van der Waals surface area contributed by atoms with Crippen LogP contribution >= 0.6 is 0 Å². The van der Waals surface area contributed by atoms with Gasteiger partial charge in [-0.1, -0.05) is 6.58 Å². The lowest BCUT2D eigenvalue weighted by molar-refractivity contribution is 0.0467. The molecule has 1 aliphatic carbocycles. The van der Waals surface area contributed by atoms with E-state index in [0.717, 1.165) is 35.0 Å². The average Bonchev–Trinajstić information content (AvgIpc) is 2.95. The van der Waals surface area contributed by atoms with E-state index in [9.17, 15) is 9.82 Å². The van der Waals surface area contributed by atoms with Gasteiger partial charge in [-0.15, -0.1) is 0 Å². The molecule has 7 nitrogen and oxygen atoms in total. The lowest BCUT2D eigenvalue weighted by Crippen LogP contribution is -2.46. The maximum Gasteiger partial charge on any atom is 0.519 e. The van der Waals surface area contributed by atoms with Crippen molar-refractivity contribution < 1.29 is 19.2 Å². The van der Waals surface area contributed by atoms with Crippen LogP contribution in [0.4, 0.5) is 4.79 Å². The fourth-order valence-electron chi connectivity index (χ4n) is 3.29.